The van der Waals surface area contributed by atoms with Crippen molar-refractivity contribution in [1.29, 1.82) is 0 Å². The molecule has 1 saturated carbocycles. The van der Waals surface area contributed by atoms with Gasteiger partial charge in [-0.2, -0.15) is 12.6 Å². The van der Waals surface area contributed by atoms with Crippen LogP contribution in [0.5, 0.6) is 0 Å². The van der Waals surface area contributed by atoms with Crippen molar-refractivity contribution in [3.05, 3.63) is 0 Å². The molecule has 0 unspecified atom stereocenters. The van der Waals surface area contributed by atoms with Crippen LogP contribution in [-0.2, 0) is 0 Å². The molecule has 0 amide bonds. The predicted octanol–water partition coefficient (Wildman–Crippen LogP) is 2.10. The van der Waals surface area contributed by atoms with Gasteiger partial charge in [0, 0.05) is 5.25 Å². The Balaban J connectivity index is 2.26. The van der Waals surface area contributed by atoms with E-state index in [1.165, 1.54) is 19.3 Å². The lowest BCUT2D eigenvalue weighted by Crippen LogP contribution is -1.88. The van der Waals surface area contributed by atoms with Gasteiger partial charge in [-0.1, -0.05) is 6.92 Å². The van der Waals surface area contributed by atoms with Crippen LogP contribution >= 0.6 is 12.6 Å². The summed E-state index contributed by atoms with van der Waals surface area (Å²) in [5.74, 6) is 0.947. The Hall–Kier alpha value is 0.350. The summed E-state index contributed by atoms with van der Waals surface area (Å²) in [6.07, 6.45) is 4.07. The van der Waals surface area contributed by atoms with Crippen LogP contribution < -0.4 is 0 Å². The summed E-state index contributed by atoms with van der Waals surface area (Å²) >= 11 is 4.35. The normalized spacial score (nSPS) is 42.0. The highest BCUT2D eigenvalue weighted by Crippen LogP contribution is 2.27. The van der Waals surface area contributed by atoms with Crippen LogP contribution in [0.15, 0.2) is 0 Å². The minimum absolute atomic E-state index is 0.718. The summed E-state index contributed by atoms with van der Waals surface area (Å²) in [5.41, 5.74) is 0. The van der Waals surface area contributed by atoms with E-state index in [9.17, 15) is 0 Å². The smallest absolute Gasteiger partial charge is 0.00194 e. The van der Waals surface area contributed by atoms with Crippen LogP contribution in [0.3, 0.4) is 0 Å². The number of hydrogen-bond acceptors (Lipinski definition) is 1. The molecular weight excluding hydrogens is 104 g/mol. The van der Waals surface area contributed by atoms with E-state index < -0.39 is 0 Å². The first-order valence-electron chi connectivity index (χ1n) is 2.97. The maximum absolute atomic E-state index is 4.35. The van der Waals surface area contributed by atoms with E-state index in [2.05, 4.69) is 19.6 Å². The molecule has 0 aliphatic heterocycles. The first kappa shape index (κ1) is 5.49. The molecule has 0 aromatic carbocycles. The maximum atomic E-state index is 4.35. The predicted molar refractivity (Wildman–Crippen MR) is 35.8 cm³/mol. The molecule has 1 fully saturated rings. The molecule has 7 heavy (non-hydrogen) atoms. The third-order valence-corrected chi connectivity index (χ3v) is 2.14. The second kappa shape index (κ2) is 2.08. The van der Waals surface area contributed by atoms with Crippen molar-refractivity contribution in [2.45, 2.75) is 31.4 Å². The monoisotopic (exact) mass is 116 g/mol. The van der Waals surface area contributed by atoms with Crippen molar-refractivity contribution in [3.63, 3.8) is 0 Å². The minimum atomic E-state index is 0.718. The summed E-state index contributed by atoms with van der Waals surface area (Å²) in [5, 5.41) is 0.718. The molecule has 0 N–H and O–H groups in total. The van der Waals surface area contributed by atoms with Gasteiger partial charge in [0.2, 0.25) is 0 Å². The van der Waals surface area contributed by atoms with Crippen molar-refractivity contribution in [3.8, 4) is 0 Å². The van der Waals surface area contributed by atoms with E-state index in [-0.39, 0.29) is 0 Å². The molecule has 0 aromatic rings. The first-order chi connectivity index (χ1) is 3.29. The van der Waals surface area contributed by atoms with Crippen LogP contribution in [-0.4, -0.2) is 5.25 Å². The van der Waals surface area contributed by atoms with Gasteiger partial charge in [0.05, 0.1) is 0 Å². The quantitative estimate of drug-likeness (QED) is 0.460. The zero-order valence-electron chi connectivity index (χ0n) is 4.72. The third kappa shape index (κ3) is 1.37. The van der Waals surface area contributed by atoms with E-state index >= 15 is 0 Å². The van der Waals surface area contributed by atoms with Gasteiger partial charge in [-0.15, -0.1) is 0 Å². The van der Waals surface area contributed by atoms with Crippen molar-refractivity contribution in [1.82, 2.24) is 0 Å². The lowest BCUT2D eigenvalue weighted by atomic mass is 10.1. The fraction of sp³-hybridized carbons (Fsp3) is 1.00. The fourth-order valence-electron chi connectivity index (χ4n) is 1.18. The van der Waals surface area contributed by atoms with Crippen LogP contribution in [0.4, 0.5) is 0 Å². The molecule has 1 rings (SSSR count). The molecule has 0 nitrogen and oxygen atoms in total. The molecule has 1 aliphatic carbocycles. The van der Waals surface area contributed by atoms with Gasteiger partial charge < -0.3 is 0 Å². The van der Waals surface area contributed by atoms with Gasteiger partial charge in [0.1, 0.15) is 0 Å². The zero-order chi connectivity index (χ0) is 5.28. The molecule has 0 bridgehead atoms. The van der Waals surface area contributed by atoms with E-state index in [1.807, 2.05) is 0 Å². The molecule has 0 aromatic heterocycles. The second-order valence-corrected chi connectivity index (χ2v) is 3.30. The Labute approximate surface area is 50.7 Å². The summed E-state index contributed by atoms with van der Waals surface area (Å²) in [6, 6.07) is 0. The zero-order valence-corrected chi connectivity index (χ0v) is 5.62. The second-order valence-electron chi connectivity index (χ2n) is 2.57. The standard InChI is InChI=1S/C6H12S/c1-5-2-3-6(7)4-5/h5-7H,2-4H2,1H3/t5-,6+/m1/s1. The molecule has 0 radical (unpaired) electrons. The molecular formula is C6H12S. The van der Waals surface area contributed by atoms with Crippen molar-refractivity contribution in [2.24, 2.45) is 5.92 Å². The summed E-state index contributed by atoms with van der Waals surface area (Å²) < 4.78 is 0. The summed E-state index contributed by atoms with van der Waals surface area (Å²) in [4.78, 5) is 0. The topological polar surface area (TPSA) is 0 Å². The average molecular weight is 116 g/mol. The SMILES string of the molecule is C[C@@H]1CC[C@H](S)C1. The molecule has 0 spiro atoms. The Bertz CT molecular complexity index is 53.2. The molecule has 0 saturated heterocycles. The highest BCUT2D eigenvalue weighted by Gasteiger charge is 2.16. The van der Waals surface area contributed by atoms with Crippen molar-refractivity contribution in [2.75, 3.05) is 0 Å². The van der Waals surface area contributed by atoms with E-state index in [0.717, 1.165) is 11.2 Å². The van der Waals surface area contributed by atoms with Crippen LogP contribution in [0, 0.1) is 5.92 Å². The van der Waals surface area contributed by atoms with Gasteiger partial charge in [-0.3, -0.25) is 0 Å². The maximum Gasteiger partial charge on any atom is 0.00194 e. The van der Waals surface area contributed by atoms with Crippen molar-refractivity contribution >= 4 is 12.6 Å². The molecule has 0 heterocycles. The van der Waals surface area contributed by atoms with Crippen LogP contribution in [0.25, 0.3) is 0 Å². The Morgan fingerprint density at radius 2 is 2.14 bits per heavy atom. The number of hydrogen-bond donors (Lipinski definition) is 1. The van der Waals surface area contributed by atoms with Crippen LogP contribution in [0.2, 0.25) is 0 Å². The highest BCUT2D eigenvalue weighted by atomic mass is 32.1. The molecule has 1 heteroatoms. The van der Waals surface area contributed by atoms with E-state index in [1.54, 1.807) is 0 Å². The Kier molecular flexibility index (Phi) is 1.63. The summed E-state index contributed by atoms with van der Waals surface area (Å²) in [7, 11) is 0. The van der Waals surface area contributed by atoms with Crippen molar-refractivity contribution < 1.29 is 0 Å². The Morgan fingerprint density at radius 1 is 1.43 bits per heavy atom. The third-order valence-electron chi connectivity index (χ3n) is 1.67. The largest absolute Gasteiger partial charge is 0.176 e. The van der Waals surface area contributed by atoms with Gasteiger partial charge in [-0.05, 0) is 25.2 Å². The fourth-order valence-corrected chi connectivity index (χ4v) is 1.69. The van der Waals surface area contributed by atoms with E-state index in [0.29, 0.717) is 0 Å². The lowest BCUT2D eigenvalue weighted by Gasteiger charge is -1.95. The lowest BCUT2D eigenvalue weighted by molar-refractivity contribution is 0.614. The van der Waals surface area contributed by atoms with Crippen LogP contribution in [0.1, 0.15) is 26.2 Å². The Morgan fingerprint density at radius 3 is 2.29 bits per heavy atom. The van der Waals surface area contributed by atoms with Gasteiger partial charge in [-0.25, -0.2) is 0 Å². The molecule has 1 aliphatic rings. The number of rotatable bonds is 0. The molecule has 2 atom stereocenters. The minimum Gasteiger partial charge on any atom is -0.176 e. The number of thiol groups is 1. The average Bonchev–Trinajstić information content (AvgIpc) is 1.87. The van der Waals surface area contributed by atoms with E-state index in [4.69, 9.17) is 0 Å². The van der Waals surface area contributed by atoms with Gasteiger partial charge >= 0.3 is 0 Å². The highest BCUT2D eigenvalue weighted by molar-refractivity contribution is 7.80. The first-order valence-corrected chi connectivity index (χ1v) is 3.48. The van der Waals surface area contributed by atoms with Gasteiger partial charge in [0.25, 0.3) is 0 Å². The summed E-state index contributed by atoms with van der Waals surface area (Å²) in [6.45, 7) is 2.30. The van der Waals surface area contributed by atoms with Gasteiger partial charge in [0.15, 0.2) is 0 Å². The molecule has 42 valence electrons.